The van der Waals surface area contributed by atoms with Crippen LogP contribution in [0.25, 0.3) is 0 Å². The normalized spacial score (nSPS) is 14.5. The van der Waals surface area contributed by atoms with Crippen LogP contribution >= 0.6 is 21.6 Å². The third-order valence-electron chi connectivity index (χ3n) is 3.98. The zero-order chi connectivity index (χ0) is 18.3. The molecule has 0 amide bonds. The highest BCUT2D eigenvalue weighted by Crippen LogP contribution is 2.43. The first-order chi connectivity index (χ1) is 12.5. The molecule has 2 aromatic carbocycles. The molecule has 0 N–H and O–H groups in total. The van der Waals surface area contributed by atoms with Crippen LogP contribution in [0.5, 0.6) is 0 Å². The van der Waals surface area contributed by atoms with Crippen molar-refractivity contribution in [2.75, 3.05) is 0 Å². The lowest BCUT2D eigenvalue weighted by Crippen LogP contribution is -1.93. The second-order valence-electron chi connectivity index (χ2n) is 5.62. The van der Waals surface area contributed by atoms with E-state index in [4.69, 9.17) is 0 Å². The highest BCUT2D eigenvalue weighted by Gasteiger charge is 2.27. The maximum atomic E-state index is 11.1. The number of hydrogen-bond acceptors (Lipinski definition) is 8. The summed E-state index contributed by atoms with van der Waals surface area (Å²) in [4.78, 5) is 30.1. The molecule has 0 aliphatic carbocycles. The van der Waals surface area contributed by atoms with Crippen molar-refractivity contribution in [3.05, 3.63) is 67.8 Å². The molecule has 0 unspecified atom stereocenters. The van der Waals surface area contributed by atoms with Crippen molar-refractivity contribution in [2.45, 2.75) is 12.8 Å². The van der Waals surface area contributed by atoms with Gasteiger partial charge in [0, 0.05) is 25.0 Å². The van der Waals surface area contributed by atoms with E-state index in [1.54, 1.807) is 12.1 Å². The molecule has 0 saturated carbocycles. The van der Waals surface area contributed by atoms with Crippen molar-refractivity contribution in [3.8, 4) is 0 Å². The van der Waals surface area contributed by atoms with Crippen molar-refractivity contribution in [1.82, 2.24) is 0 Å². The monoisotopic (exact) mass is 386 g/mol. The highest BCUT2D eigenvalue weighted by molar-refractivity contribution is 8.87. The third-order valence-corrected chi connectivity index (χ3v) is 6.32. The molecule has 2 heterocycles. The Morgan fingerprint density at radius 3 is 1.58 bits per heavy atom. The summed E-state index contributed by atoms with van der Waals surface area (Å²) >= 11 is 0. The Morgan fingerprint density at radius 2 is 1.19 bits per heavy atom. The SMILES string of the molecule is O=[N+]([O-])c1cccc2c1N=C(SSC1=Nc3c(cccc3[N+](=O)[O-])C1)C2. The Bertz CT molecular complexity index is 938. The highest BCUT2D eigenvalue weighted by atomic mass is 33.1. The maximum absolute atomic E-state index is 11.1. The number of nitrogens with zero attached hydrogens (tertiary/aromatic N) is 4. The van der Waals surface area contributed by atoms with Crippen LogP contribution in [0.3, 0.4) is 0 Å². The first-order valence-electron chi connectivity index (χ1n) is 7.55. The molecular weight excluding hydrogens is 376 g/mol. The summed E-state index contributed by atoms with van der Waals surface area (Å²) in [7, 11) is 2.77. The minimum Gasteiger partial charge on any atom is -0.258 e. The Balaban J connectivity index is 1.49. The second kappa shape index (κ2) is 6.54. The topological polar surface area (TPSA) is 111 Å². The van der Waals surface area contributed by atoms with Crippen LogP contribution in [-0.4, -0.2) is 19.9 Å². The minimum atomic E-state index is -0.431. The number of rotatable bonds is 2. The summed E-state index contributed by atoms with van der Waals surface area (Å²) in [5.41, 5.74) is 2.48. The van der Waals surface area contributed by atoms with Gasteiger partial charge in [0.15, 0.2) is 0 Å². The number of aliphatic imine (C=N–C) groups is 2. The number of hydrogen-bond donors (Lipinski definition) is 0. The molecule has 2 aromatic rings. The van der Waals surface area contributed by atoms with Crippen LogP contribution in [0.1, 0.15) is 11.1 Å². The molecule has 130 valence electrons. The maximum Gasteiger partial charge on any atom is 0.295 e. The van der Waals surface area contributed by atoms with Gasteiger partial charge < -0.3 is 0 Å². The van der Waals surface area contributed by atoms with Gasteiger partial charge in [0.2, 0.25) is 0 Å². The molecule has 0 bridgehead atoms. The van der Waals surface area contributed by atoms with Crippen molar-refractivity contribution < 1.29 is 9.85 Å². The van der Waals surface area contributed by atoms with Crippen molar-refractivity contribution >= 4 is 54.4 Å². The quantitative estimate of drug-likeness (QED) is 0.418. The van der Waals surface area contributed by atoms with E-state index in [0.717, 1.165) is 21.2 Å². The molecular formula is C16H10N4O4S2. The van der Waals surface area contributed by atoms with Crippen molar-refractivity contribution in [2.24, 2.45) is 9.98 Å². The molecule has 4 rings (SSSR count). The molecule has 2 aliphatic rings. The Hall–Kier alpha value is -2.72. The summed E-state index contributed by atoms with van der Waals surface area (Å²) in [6.07, 6.45) is 1.07. The standard InChI is InChI=1S/C16H10N4O4S2/c21-19(22)11-5-1-3-9-7-13(17-15(9)11)25-26-14-8-10-4-2-6-12(20(23)24)16(10)18-14/h1-6H,7-8H2. The predicted molar refractivity (Wildman–Crippen MR) is 103 cm³/mol. The molecule has 8 nitrogen and oxygen atoms in total. The van der Waals surface area contributed by atoms with E-state index in [9.17, 15) is 20.2 Å². The van der Waals surface area contributed by atoms with Gasteiger partial charge in [0.1, 0.15) is 11.4 Å². The van der Waals surface area contributed by atoms with Gasteiger partial charge >= 0.3 is 0 Å². The van der Waals surface area contributed by atoms with Crippen LogP contribution in [0.2, 0.25) is 0 Å². The van der Waals surface area contributed by atoms with Crippen LogP contribution in [0.4, 0.5) is 22.7 Å². The number of nitro benzene ring substituents is 2. The Kier molecular flexibility index (Phi) is 4.21. The van der Waals surface area contributed by atoms with Gasteiger partial charge in [-0.05, 0) is 32.7 Å². The van der Waals surface area contributed by atoms with Gasteiger partial charge in [0.05, 0.1) is 19.9 Å². The molecule has 0 radical (unpaired) electrons. The van der Waals surface area contributed by atoms with E-state index in [2.05, 4.69) is 9.98 Å². The fourth-order valence-corrected chi connectivity index (χ4v) is 4.87. The van der Waals surface area contributed by atoms with Crippen LogP contribution < -0.4 is 0 Å². The summed E-state index contributed by atoms with van der Waals surface area (Å²) < 4.78 is 0. The number of para-hydroxylation sites is 2. The van der Waals surface area contributed by atoms with Gasteiger partial charge in [0.25, 0.3) is 11.4 Å². The first-order valence-corrected chi connectivity index (χ1v) is 9.70. The smallest absolute Gasteiger partial charge is 0.258 e. The minimum absolute atomic E-state index is 0.00402. The average Bonchev–Trinajstić information content (AvgIpc) is 3.21. The average molecular weight is 386 g/mol. The van der Waals surface area contributed by atoms with Gasteiger partial charge in [-0.3, -0.25) is 20.2 Å². The summed E-state index contributed by atoms with van der Waals surface area (Å²) in [5, 5.41) is 23.7. The second-order valence-corrected chi connectivity index (χ2v) is 7.89. The molecule has 0 saturated heterocycles. The number of benzene rings is 2. The first kappa shape index (κ1) is 16.7. The summed E-state index contributed by atoms with van der Waals surface area (Å²) in [6, 6.07) is 9.86. The van der Waals surface area contributed by atoms with Gasteiger partial charge in [-0.1, -0.05) is 24.3 Å². The van der Waals surface area contributed by atoms with E-state index < -0.39 is 9.85 Å². The molecule has 26 heavy (non-hydrogen) atoms. The fourth-order valence-electron chi connectivity index (χ4n) is 2.84. The van der Waals surface area contributed by atoms with E-state index in [0.29, 0.717) is 24.2 Å². The Morgan fingerprint density at radius 1 is 0.769 bits per heavy atom. The zero-order valence-electron chi connectivity index (χ0n) is 13.1. The van der Waals surface area contributed by atoms with Crippen molar-refractivity contribution in [3.63, 3.8) is 0 Å². The number of fused-ring (bicyclic) bond motifs is 2. The lowest BCUT2D eigenvalue weighted by molar-refractivity contribution is -0.384. The largest absolute Gasteiger partial charge is 0.295 e. The van der Waals surface area contributed by atoms with E-state index in [-0.39, 0.29) is 11.4 Å². The third kappa shape index (κ3) is 2.97. The van der Waals surface area contributed by atoms with Crippen LogP contribution in [0, 0.1) is 20.2 Å². The van der Waals surface area contributed by atoms with E-state index in [1.165, 1.54) is 33.7 Å². The molecule has 10 heteroatoms. The lowest BCUT2D eigenvalue weighted by Gasteiger charge is -1.99. The Labute approximate surface area is 155 Å². The number of nitro groups is 2. The van der Waals surface area contributed by atoms with E-state index in [1.807, 2.05) is 12.1 Å². The fraction of sp³-hybridized carbons (Fsp3) is 0.125. The summed E-state index contributed by atoms with van der Waals surface area (Å²) in [5.74, 6) is 0. The zero-order valence-corrected chi connectivity index (χ0v) is 14.7. The predicted octanol–water partition coefficient (Wildman–Crippen LogP) is 4.76. The van der Waals surface area contributed by atoms with Gasteiger partial charge in [-0.15, -0.1) is 0 Å². The molecule has 0 fully saturated rings. The molecule has 0 atom stereocenters. The van der Waals surface area contributed by atoms with Gasteiger partial charge in [-0.2, -0.15) is 0 Å². The van der Waals surface area contributed by atoms with Gasteiger partial charge in [-0.25, -0.2) is 9.98 Å². The molecule has 2 aliphatic heterocycles. The lowest BCUT2D eigenvalue weighted by atomic mass is 10.1. The van der Waals surface area contributed by atoms with Crippen LogP contribution in [-0.2, 0) is 12.8 Å². The summed E-state index contributed by atoms with van der Waals surface area (Å²) in [6.45, 7) is 0. The van der Waals surface area contributed by atoms with Crippen molar-refractivity contribution in [1.29, 1.82) is 0 Å². The van der Waals surface area contributed by atoms with E-state index >= 15 is 0 Å². The molecule has 0 aromatic heterocycles. The van der Waals surface area contributed by atoms with Crippen LogP contribution in [0.15, 0.2) is 46.4 Å². The molecule has 0 spiro atoms.